The largest absolute Gasteiger partial charge is 0.519 e. The number of carbonyl (C=O) groups excluding carboxylic acids is 5. The molecule has 5 heterocycles. The number of allylic oxidation sites excluding steroid dienone is 3. The Hall–Kier alpha value is -4.89. The number of carbonyl (C=O) groups is 5. The Labute approximate surface area is 410 Å². The van der Waals surface area contributed by atoms with Gasteiger partial charge >= 0.3 is 35.7 Å². The molecule has 2 aromatic rings. The van der Waals surface area contributed by atoms with E-state index in [0.29, 0.717) is 90.5 Å². The Morgan fingerprint density at radius 2 is 1.29 bits per heavy atom. The van der Waals surface area contributed by atoms with Gasteiger partial charge in [0.2, 0.25) is 0 Å². The number of aryl methyl sites for hydroxylation is 1. The van der Waals surface area contributed by atoms with Gasteiger partial charge in [-0.1, -0.05) is 115 Å². The molecule has 4 aliphatic rings. The third kappa shape index (κ3) is 22.5. The number of nitrogens with two attached hydrogens (primary N) is 1. The molecule has 0 radical (unpaired) electrons. The van der Waals surface area contributed by atoms with E-state index in [1.165, 1.54) is 0 Å². The molecule has 0 fully saturated rings. The quantitative estimate of drug-likeness (QED) is 0.109. The number of hydrogen-bond acceptors (Lipinski definition) is 15. The van der Waals surface area contributed by atoms with E-state index in [1.54, 1.807) is 6.92 Å². The number of ether oxygens (including phenoxy) is 5. The van der Waals surface area contributed by atoms with Crippen molar-refractivity contribution < 1.29 is 56.5 Å². The van der Waals surface area contributed by atoms with Crippen LogP contribution >= 0.6 is 12.6 Å². The molecular formula is C53H81NO13S. The van der Waals surface area contributed by atoms with Crippen LogP contribution in [-0.2, 0) is 49.3 Å². The maximum Gasteiger partial charge on any atom is 0.519 e. The number of hydrogen-bond donors (Lipinski definition) is 2. The van der Waals surface area contributed by atoms with Gasteiger partial charge in [-0.3, -0.25) is 19.2 Å². The van der Waals surface area contributed by atoms with E-state index in [9.17, 15) is 28.8 Å². The minimum absolute atomic E-state index is 0.0521. The summed E-state index contributed by atoms with van der Waals surface area (Å²) in [6, 6.07) is 7.00. The molecule has 0 saturated heterocycles. The van der Waals surface area contributed by atoms with E-state index in [2.05, 4.69) is 95.7 Å². The van der Waals surface area contributed by atoms with Crippen LogP contribution in [0.4, 0.5) is 0 Å². The lowest BCUT2D eigenvalue weighted by molar-refractivity contribution is -0.145. The Morgan fingerprint density at radius 1 is 0.721 bits per heavy atom. The lowest BCUT2D eigenvalue weighted by Crippen LogP contribution is -2.34. The first-order valence-electron chi connectivity index (χ1n) is 23.8. The Bertz CT molecular complexity index is 2090. The van der Waals surface area contributed by atoms with Gasteiger partial charge < -0.3 is 38.3 Å². The molecule has 4 aliphatic heterocycles. The van der Waals surface area contributed by atoms with Crippen molar-refractivity contribution in [3.63, 3.8) is 0 Å². The van der Waals surface area contributed by atoms with Crippen LogP contribution in [0.25, 0.3) is 0 Å². The number of rotatable bonds is 13. The number of fused-ring (bicyclic) bond motifs is 1. The van der Waals surface area contributed by atoms with Crippen molar-refractivity contribution in [1.82, 2.24) is 0 Å². The van der Waals surface area contributed by atoms with Gasteiger partial charge in [0.05, 0.1) is 31.4 Å². The number of benzene rings is 1. The van der Waals surface area contributed by atoms with Gasteiger partial charge in [0, 0.05) is 36.0 Å². The summed E-state index contributed by atoms with van der Waals surface area (Å²) in [4.78, 5) is 65.0. The first-order valence-corrected chi connectivity index (χ1v) is 24.4. The predicted molar refractivity (Wildman–Crippen MR) is 266 cm³/mol. The molecule has 4 atom stereocenters. The van der Waals surface area contributed by atoms with Gasteiger partial charge in [-0.05, 0) is 73.1 Å². The summed E-state index contributed by atoms with van der Waals surface area (Å²) in [5.74, 6) is 6.24. The van der Waals surface area contributed by atoms with Gasteiger partial charge in [-0.25, -0.2) is 9.59 Å². The van der Waals surface area contributed by atoms with Gasteiger partial charge in [0.1, 0.15) is 40.9 Å². The van der Waals surface area contributed by atoms with Crippen molar-refractivity contribution in [2.24, 2.45) is 53.1 Å². The van der Waals surface area contributed by atoms with Gasteiger partial charge in [0.25, 0.3) is 0 Å². The summed E-state index contributed by atoms with van der Waals surface area (Å²) in [5.41, 5.74) is 8.20. The fourth-order valence-electron chi connectivity index (χ4n) is 6.32. The molecule has 3 unspecified atom stereocenters. The molecule has 68 heavy (non-hydrogen) atoms. The number of cyclic esters (lactones) is 4. The van der Waals surface area contributed by atoms with Crippen LogP contribution < -0.4 is 11.6 Å². The monoisotopic (exact) mass is 972 g/mol. The molecule has 2 N–H and O–H groups in total. The highest BCUT2D eigenvalue weighted by atomic mass is 32.1. The van der Waals surface area contributed by atoms with E-state index < -0.39 is 11.9 Å². The molecule has 15 heteroatoms. The highest BCUT2D eigenvalue weighted by Crippen LogP contribution is 2.35. The van der Waals surface area contributed by atoms with Gasteiger partial charge in [-0.2, -0.15) is 12.6 Å². The molecule has 1 aromatic heterocycles. The lowest BCUT2D eigenvalue weighted by atomic mass is 9.94. The normalized spacial score (nSPS) is 17.1. The van der Waals surface area contributed by atoms with Gasteiger partial charge in [-0.15, -0.1) is 0 Å². The summed E-state index contributed by atoms with van der Waals surface area (Å²) in [5, 5.41) is 0. The number of esters is 5. The van der Waals surface area contributed by atoms with Crippen molar-refractivity contribution in [2.45, 2.75) is 155 Å². The van der Waals surface area contributed by atoms with Crippen molar-refractivity contribution in [1.29, 1.82) is 0 Å². The smallest absolute Gasteiger partial charge is 0.464 e. The average molecular weight is 972 g/mol. The fourth-order valence-corrected chi connectivity index (χ4v) is 6.47. The van der Waals surface area contributed by atoms with Crippen LogP contribution in [-0.4, -0.2) is 48.2 Å². The van der Waals surface area contributed by atoms with Crippen LogP contribution in [0.3, 0.4) is 0 Å². The molecular weight excluding hydrogens is 891 g/mol. The first-order chi connectivity index (χ1) is 31.7. The van der Waals surface area contributed by atoms with Crippen molar-refractivity contribution in [3.05, 3.63) is 92.5 Å². The zero-order valence-electron chi connectivity index (χ0n) is 43.5. The minimum atomic E-state index is -0.599. The molecule has 6 rings (SSSR count). The maximum atomic E-state index is 11.4. The van der Waals surface area contributed by atoms with E-state index in [1.807, 2.05) is 57.2 Å². The van der Waals surface area contributed by atoms with Crippen molar-refractivity contribution >= 4 is 42.5 Å². The van der Waals surface area contributed by atoms with Gasteiger partial charge in [0.15, 0.2) is 0 Å². The number of thiol groups is 1. The molecule has 0 spiro atoms. The Balaban J connectivity index is 0.000000409. The third-order valence-corrected chi connectivity index (χ3v) is 11.2. The topological polar surface area (TPSA) is 201 Å². The summed E-state index contributed by atoms with van der Waals surface area (Å²) in [7, 11) is 0. The Morgan fingerprint density at radius 3 is 1.72 bits per heavy atom. The molecule has 14 nitrogen and oxygen atoms in total. The first kappa shape index (κ1) is 61.1. The molecule has 0 amide bonds. The van der Waals surface area contributed by atoms with Crippen LogP contribution in [0.5, 0.6) is 0 Å². The zero-order valence-corrected chi connectivity index (χ0v) is 44.4. The molecule has 382 valence electrons. The molecule has 1 aromatic carbocycles. The summed E-state index contributed by atoms with van der Waals surface area (Å²) < 4.78 is 34.6. The van der Waals surface area contributed by atoms with E-state index in [4.69, 9.17) is 38.3 Å². The van der Waals surface area contributed by atoms with E-state index in [-0.39, 0.29) is 36.0 Å². The third-order valence-electron chi connectivity index (χ3n) is 10.8. The van der Waals surface area contributed by atoms with Crippen molar-refractivity contribution in [3.8, 4) is 0 Å². The van der Waals surface area contributed by atoms with Crippen LogP contribution in [0.1, 0.15) is 163 Å². The second-order valence-electron chi connectivity index (χ2n) is 19.6. The zero-order chi connectivity index (χ0) is 52.0. The summed E-state index contributed by atoms with van der Waals surface area (Å²) >= 11 is 3.87. The van der Waals surface area contributed by atoms with Crippen LogP contribution in [0.2, 0.25) is 0 Å². The molecule has 0 saturated carbocycles. The minimum Gasteiger partial charge on any atom is -0.464 e. The predicted octanol–water partition coefficient (Wildman–Crippen LogP) is 11.2. The fraction of sp³-hybridized carbons (Fsp3) is 0.623. The van der Waals surface area contributed by atoms with E-state index >= 15 is 0 Å². The molecule has 0 aliphatic carbocycles. The highest BCUT2D eigenvalue weighted by Gasteiger charge is 2.32. The molecule has 0 bridgehead atoms. The second-order valence-corrected chi connectivity index (χ2v) is 20.0. The highest BCUT2D eigenvalue weighted by molar-refractivity contribution is 7.80. The standard InChI is InChI=1S/C11H12O2.C10H16O2.C9H14O2.C8H12O3.C8H12O2.C7H15NO2S/c1-7(2)10-8-5-3-4-6-9(8)11(12)13-10;1-6(2)8(4)10-7(3)5-9(11)12-10;1-6(2)7(3)8-4-5-9(10)11-8;1-5(2)4-7-6(3)10-8(9)11-7;1-6(2)5-7-3-4-8(9)10-7;1-5(2)3-10-7(9)6(8)4-11/h3-7,10H,1-2H3;6,8H,5H2,1-4H3;4,6-7H,5H2,1-3H3;5H,4H2,1-3H3;3,6H,4-5H2,1-2H3;5-6,11H,3-4,8H2,1-2H3/t;;;;;6-/m.....0/s1. The summed E-state index contributed by atoms with van der Waals surface area (Å²) in [6.45, 7) is 33.2. The van der Waals surface area contributed by atoms with Crippen molar-refractivity contribution in [2.75, 3.05) is 12.4 Å². The van der Waals surface area contributed by atoms with E-state index in [0.717, 1.165) is 46.8 Å². The Kier molecular flexibility index (Phi) is 27.5. The van der Waals surface area contributed by atoms with Crippen LogP contribution in [0, 0.1) is 54.3 Å². The maximum absolute atomic E-state index is 11.4. The SMILES string of the molecule is CC(C)C(C)C1=CCC(=O)O1.CC(C)C1OC(=O)c2ccccc21.CC(C)CC1=CCC(=O)O1.CC(C)COC(=O)[C@@H](N)CS.CC1=C(C(C)C(C)C)OC(=O)C1.Cc1oc(=O)oc1CC(C)C. The second kappa shape index (κ2) is 30.6. The average Bonchev–Trinajstić information content (AvgIpc) is 4.09. The van der Waals surface area contributed by atoms with Crippen LogP contribution in [0.15, 0.2) is 72.9 Å². The summed E-state index contributed by atoms with van der Waals surface area (Å²) in [6.07, 6.45) is 6.73. The lowest BCUT2D eigenvalue weighted by Gasteiger charge is -2.16.